The lowest BCUT2D eigenvalue weighted by atomic mass is 9.94. The number of nitrogens with zero attached hydrogens (tertiary/aromatic N) is 2. The molecular weight excluding hydrogens is 594 g/mol. The fraction of sp³-hybridized carbons (Fsp3) is 0.179. The molecule has 220 valence electrons. The van der Waals surface area contributed by atoms with E-state index in [9.17, 15) is 35.1 Å². The summed E-state index contributed by atoms with van der Waals surface area (Å²) in [6.07, 6.45) is -4.86. The molecule has 1 aliphatic heterocycles. The van der Waals surface area contributed by atoms with Gasteiger partial charge in [0, 0.05) is 44.4 Å². The fourth-order valence-corrected chi connectivity index (χ4v) is 5.36. The molecule has 0 bridgehead atoms. The van der Waals surface area contributed by atoms with E-state index in [1.165, 1.54) is 12.1 Å². The molecule has 3 aromatic carbocycles. The van der Waals surface area contributed by atoms with Crippen LogP contribution in [-0.4, -0.2) is 15.8 Å². The van der Waals surface area contributed by atoms with E-state index in [0.29, 0.717) is 16.7 Å². The second-order valence-corrected chi connectivity index (χ2v) is 9.85. The number of fused-ring (bicyclic) bond motifs is 3. The van der Waals surface area contributed by atoms with Gasteiger partial charge in [0.25, 0.3) is 0 Å². The number of imidazole rings is 1. The summed E-state index contributed by atoms with van der Waals surface area (Å²) in [5, 5.41) is 14.2. The summed E-state index contributed by atoms with van der Waals surface area (Å²) in [5.74, 6) is -1.85. The highest BCUT2D eigenvalue weighted by Crippen LogP contribution is 2.47. The number of anilines is 1. The van der Waals surface area contributed by atoms with Crippen molar-refractivity contribution in [3.05, 3.63) is 106 Å². The van der Waals surface area contributed by atoms with Crippen LogP contribution in [0.1, 0.15) is 40.4 Å². The Morgan fingerprint density at radius 3 is 2.45 bits per heavy atom. The van der Waals surface area contributed by atoms with Gasteiger partial charge in [-0.05, 0) is 42.5 Å². The highest BCUT2D eigenvalue weighted by molar-refractivity contribution is 6.31. The molecule has 1 aliphatic rings. The number of aryl methyl sites for hydroxylation is 1. The van der Waals surface area contributed by atoms with Gasteiger partial charge in [0.2, 0.25) is 5.62 Å². The van der Waals surface area contributed by atoms with Gasteiger partial charge in [-0.2, -0.15) is 22.0 Å². The van der Waals surface area contributed by atoms with Crippen molar-refractivity contribution in [3.63, 3.8) is 0 Å². The average molecular weight is 614 g/mol. The molecule has 1 unspecified atom stereocenters. The van der Waals surface area contributed by atoms with Crippen molar-refractivity contribution in [3.8, 4) is 0 Å². The van der Waals surface area contributed by atoms with Crippen LogP contribution in [0, 0.1) is 17.0 Å². The number of hydrogen-bond donors (Lipinski definition) is 3. The van der Waals surface area contributed by atoms with E-state index in [0.717, 1.165) is 22.8 Å². The zero-order valence-electron chi connectivity index (χ0n) is 21.3. The first-order valence-corrected chi connectivity index (χ1v) is 12.6. The lowest BCUT2D eigenvalue weighted by Gasteiger charge is -2.21. The molecule has 0 saturated carbocycles. The SMILES string of the molecule is C=C(Nc1cc2c(c3c1C(c1cc(F)ccc1Cl)NC3=C)n(C(F)F)c(=N)n2CCF)c1cc(F)cc(C(F)(F)F)c1. The smallest absolute Gasteiger partial charge is 0.374 e. The second kappa shape index (κ2) is 10.5. The van der Waals surface area contributed by atoms with Gasteiger partial charge in [-0.1, -0.05) is 24.8 Å². The molecule has 0 fully saturated rings. The molecule has 2 heterocycles. The Labute approximate surface area is 237 Å². The summed E-state index contributed by atoms with van der Waals surface area (Å²) < 4.78 is 112. The maximum Gasteiger partial charge on any atom is 0.416 e. The third-order valence-electron chi connectivity index (χ3n) is 6.88. The van der Waals surface area contributed by atoms with Gasteiger partial charge < -0.3 is 15.2 Å². The third-order valence-corrected chi connectivity index (χ3v) is 7.22. The standard InChI is InChI=1S/C28H20ClF8N5/c1-12(14-7-15(28(35,36)37)9-17(32)8-14)39-20-11-21-25(42(26(33)34)27(38)41(21)6-5-30)22-13(2)40-24(23(20)22)18-10-16(31)3-4-19(18)29/h3-4,7-11,24,26,38-40H,1-2,5-6H2. The Balaban J connectivity index is 1.80. The topological polar surface area (TPSA) is 57.8 Å². The van der Waals surface area contributed by atoms with Crippen LogP contribution in [0.5, 0.6) is 0 Å². The summed E-state index contributed by atoms with van der Waals surface area (Å²) in [6, 6.07) is 5.58. The summed E-state index contributed by atoms with van der Waals surface area (Å²) in [7, 11) is 0. The zero-order valence-corrected chi connectivity index (χ0v) is 22.1. The van der Waals surface area contributed by atoms with E-state index in [4.69, 9.17) is 17.0 Å². The Morgan fingerprint density at radius 1 is 1.10 bits per heavy atom. The predicted molar refractivity (Wildman–Crippen MR) is 142 cm³/mol. The monoisotopic (exact) mass is 613 g/mol. The van der Waals surface area contributed by atoms with Crippen molar-refractivity contribution < 1.29 is 35.1 Å². The number of hydrogen-bond acceptors (Lipinski definition) is 3. The van der Waals surface area contributed by atoms with Gasteiger partial charge in [0.15, 0.2) is 0 Å². The van der Waals surface area contributed by atoms with E-state index in [1.807, 2.05) is 0 Å². The number of halogens is 9. The number of alkyl halides is 6. The molecule has 4 aromatic rings. The molecule has 5 rings (SSSR count). The van der Waals surface area contributed by atoms with E-state index in [-0.39, 0.29) is 55.4 Å². The molecule has 0 amide bonds. The Hall–Kier alpha value is -4.26. The van der Waals surface area contributed by atoms with E-state index >= 15 is 0 Å². The lowest BCUT2D eigenvalue weighted by molar-refractivity contribution is -0.137. The van der Waals surface area contributed by atoms with Crippen LogP contribution >= 0.6 is 11.6 Å². The van der Waals surface area contributed by atoms with Gasteiger partial charge in [-0.25, -0.2) is 13.2 Å². The summed E-state index contributed by atoms with van der Waals surface area (Å²) in [5.41, 5.74) is -2.18. The molecule has 14 heteroatoms. The van der Waals surface area contributed by atoms with Gasteiger partial charge in [-0.15, -0.1) is 0 Å². The van der Waals surface area contributed by atoms with Gasteiger partial charge >= 0.3 is 12.7 Å². The molecule has 42 heavy (non-hydrogen) atoms. The maximum absolute atomic E-state index is 14.3. The minimum atomic E-state index is -4.86. The second-order valence-electron chi connectivity index (χ2n) is 9.44. The largest absolute Gasteiger partial charge is 0.416 e. The molecule has 0 radical (unpaired) electrons. The molecule has 3 N–H and O–H groups in total. The summed E-state index contributed by atoms with van der Waals surface area (Å²) >= 11 is 6.37. The minimum Gasteiger partial charge on any atom is -0.374 e. The Bertz CT molecular complexity index is 1820. The van der Waals surface area contributed by atoms with Crippen molar-refractivity contribution in [2.75, 3.05) is 12.0 Å². The van der Waals surface area contributed by atoms with Crippen LogP contribution < -0.4 is 16.3 Å². The molecule has 0 saturated heterocycles. The zero-order chi connectivity index (χ0) is 30.7. The minimum absolute atomic E-state index is 0.0313. The number of nitrogens with one attached hydrogen (secondary N) is 3. The quantitative estimate of drug-likeness (QED) is 0.185. The fourth-order valence-electron chi connectivity index (χ4n) is 5.13. The van der Waals surface area contributed by atoms with Gasteiger partial charge in [0.05, 0.1) is 29.2 Å². The lowest BCUT2D eigenvalue weighted by Crippen LogP contribution is -2.25. The first-order valence-electron chi connectivity index (χ1n) is 12.2. The maximum atomic E-state index is 14.3. The number of benzene rings is 3. The van der Waals surface area contributed by atoms with Crippen molar-refractivity contribution in [1.29, 1.82) is 5.41 Å². The number of aromatic nitrogens is 2. The summed E-state index contributed by atoms with van der Waals surface area (Å²) in [4.78, 5) is 0. The van der Waals surface area contributed by atoms with E-state index < -0.39 is 54.8 Å². The van der Waals surface area contributed by atoms with Crippen LogP contribution in [0.4, 0.5) is 40.8 Å². The molecule has 0 aliphatic carbocycles. The Kier molecular flexibility index (Phi) is 7.34. The molecule has 0 spiro atoms. The van der Waals surface area contributed by atoms with Crippen molar-refractivity contribution in [2.45, 2.75) is 25.3 Å². The first kappa shape index (κ1) is 29.2. The molecule has 5 nitrogen and oxygen atoms in total. The number of rotatable bonds is 7. The van der Waals surface area contributed by atoms with Crippen molar-refractivity contribution in [1.82, 2.24) is 14.5 Å². The van der Waals surface area contributed by atoms with Crippen molar-refractivity contribution in [2.24, 2.45) is 0 Å². The normalized spacial score (nSPS) is 14.9. The van der Waals surface area contributed by atoms with Crippen LogP contribution in [0.15, 0.2) is 55.6 Å². The van der Waals surface area contributed by atoms with Crippen LogP contribution in [-0.2, 0) is 12.7 Å². The van der Waals surface area contributed by atoms with Crippen LogP contribution in [0.3, 0.4) is 0 Å². The highest BCUT2D eigenvalue weighted by atomic mass is 35.5. The van der Waals surface area contributed by atoms with Crippen molar-refractivity contribution >= 4 is 39.7 Å². The molecule has 1 atom stereocenters. The highest BCUT2D eigenvalue weighted by Gasteiger charge is 2.36. The summed E-state index contributed by atoms with van der Waals surface area (Å²) in [6.45, 7) is 2.96. The first-order chi connectivity index (χ1) is 19.7. The average Bonchev–Trinajstić information content (AvgIpc) is 3.39. The Morgan fingerprint density at radius 2 is 1.81 bits per heavy atom. The third kappa shape index (κ3) is 4.91. The predicted octanol–water partition coefficient (Wildman–Crippen LogP) is 7.98. The molecule has 1 aromatic heterocycles. The van der Waals surface area contributed by atoms with E-state index in [2.05, 4.69) is 23.8 Å². The van der Waals surface area contributed by atoms with Crippen LogP contribution in [0.25, 0.3) is 22.4 Å². The molecular formula is C28H20ClF8N5. The van der Waals surface area contributed by atoms with Gasteiger partial charge in [-0.3, -0.25) is 9.98 Å². The van der Waals surface area contributed by atoms with Crippen LogP contribution in [0.2, 0.25) is 5.02 Å². The van der Waals surface area contributed by atoms with Gasteiger partial charge in [0.1, 0.15) is 18.3 Å². The van der Waals surface area contributed by atoms with E-state index in [1.54, 1.807) is 0 Å².